The molecule has 2 aromatic heterocycles. The molecule has 6 nitrogen and oxygen atoms in total. The van der Waals surface area contributed by atoms with Crippen molar-refractivity contribution in [2.24, 2.45) is 5.92 Å². The summed E-state index contributed by atoms with van der Waals surface area (Å²) in [5, 5.41) is 0. The first-order chi connectivity index (χ1) is 9.25. The SMILES string of the molecule is Nc1nc2nc[nH]c2c(=O)n1CCC1CCCCC1. The maximum atomic E-state index is 12.3. The van der Waals surface area contributed by atoms with Crippen LogP contribution in [0.4, 0.5) is 5.95 Å². The summed E-state index contributed by atoms with van der Waals surface area (Å²) in [6, 6.07) is 0. The molecule has 0 bridgehead atoms. The second kappa shape index (κ2) is 5.03. The van der Waals surface area contributed by atoms with Crippen LogP contribution in [0.15, 0.2) is 11.1 Å². The van der Waals surface area contributed by atoms with E-state index in [0.29, 0.717) is 17.7 Å². The van der Waals surface area contributed by atoms with E-state index in [1.54, 1.807) is 4.57 Å². The third-order valence-electron chi connectivity index (χ3n) is 4.06. The molecule has 19 heavy (non-hydrogen) atoms. The van der Waals surface area contributed by atoms with E-state index in [0.717, 1.165) is 12.3 Å². The molecule has 0 aromatic carbocycles. The lowest BCUT2D eigenvalue weighted by atomic mass is 9.87. The summed E-state index contributed by atoms with van der Waals surface area (Å²) in [6.07, 6.45) is 9.00. The molecule has 1 aliphatic rings. The fourth-order valence-corrected chi connectivity index (χ4v) is 2.94. The molecule has 0 saturated heterocycles. The predicted molar refractivity (Wildman–Crippen MR) is 73.8 cm³/mol. The number of aromatic nitrogens is 4. The van der Waals surface area contributed by atoms with Gasteiger partial charge in [-0.05, 0) is 12.3 Å². The highest BCUT2D eigenvalue weighted by Gasteiger charge is 2.15. The first kappa shape index (κ1) is 12.2. The maximum Gasteiger partial charge on any atom is 0.280 e. The van der Waals surface area contributed by atoms with E-state index in [1.807, 2.05) is 0 Å². The second-order valence-corrected chi connectivity index (χ2v) is 5.32. The quantitative estimate of drug-likeness (QED) is 0.879. The summed E-state index contributed by atoms with van der Waals surface area (Å²) in [5.41, 5.74) is 6.59. The minimum atomic E-state index is -0.115. The number of hydrogen-bond acceptors (Lipinski definition) is 4. The van der Waals surface area contributed by atoms with Crippen LogP contribution in [-0.2, 0) is 6.54 Å². The van der Waals surface area contributed by atoms with Gasteiger partial charge in [0.25, 0.3) is 5.56 Å². The molecule has 0 unspecified atom stereocenters. The van der Waals surface area contributed by atoms with E-state index in [2.05, 4.69) is 15.0 Å². The zero-order valence-corrected chi connectivity index (χ0v) is 10.9. The lowest BCUT2D eigenvalue weighted by molar-refractivity contribution is 0.323. The molecule has 6 heteroatoms. The van der Waals surface area contributed by atoms with Gasteiger partial charge in [-0.2, -0.15) is 4.98 Å². The van der Waals surface area contributed by atoms with E-state index >= 15 is 0 Å². The average Bonchev–Trinajstić information content (AvgIpc) is 2.88. The number of nitrogen functional groups attached to an aromatic ring is 1. The monoisotopic (exact) mass is 261 g/mol. The average molecular weight is 261 g/mol. The Hall–Kier alpha value is -1.85. The molecule has 2 heterocycles. The predicted octanol–water partition coefficient (Wildman–Crippen LogP) is 1.67. The number of imidazole rings is 1. The number of H-pyrrole nitrogens is 1. The van der Waals surface area contributed by atoms with Gasteiger partial charge in [-0.15, -0.1) is 0 Å². The van der Waals surface area contributed by atoms with Crippen LogP contribution in [0.5, 0.6) is 0 Å². The van der Waals surface area contributed by atoms with Gasteiger partial charge in [0.05, 0.1) is 6.33 Å². The Bertz CT molecular complexity index is 623. The summed E-state index contributed by atoms with van der Waals surface area (Å²) in [6.45, 7) is 0.650. The number of nitrogens with zero attached hydrogens (tertiary/aromatic N) is 3. The van der Waals surface area contributed by atoms with Gasteiger partial charge >= 0.3 is 0 Å². The van der Waals surface area contributed by atoms with E-state index in [1.165, 1.54) is 38.4 Å². The normalized spacial score (nSPS) is 17.1. The Morgan fingerprint density at radius 1 is 1.37 bits per heavy atom. The fourth-order valence-electron chi connectivity index (χ4n) is 2.94. The Balaban J connectivity index is 1.81. The smallest absolute Gasteiger partial charge is 0.280 e. The van der Waals surface area contributed by atoms with Gasteiger partial charge in [0.15, 0.2) is 11.2 Å². The van der Waals surface area contributed by atoms with Gasteiger partial charge in [0.1, 0.15) is 0 Å². The number of hydrogen-bond donors (Lipinski definition) is 2. The van der Waals surface area contributed by atoms with Crippen LogP contribution in [0.3, 0.4) is 0 Å². The zero-order valence-electron chi connectivity index (χ0n) is 10.9. The van der Waals surface area contributed by atoms with Crippen LogP contribution in [0, 0.1) is 5.92 Å². The molecular formula is C13H19N5O. The summed E-state index contributed by atoms with van der Waals surface area (Å²) < 4.78 is 1.56. The van der Waals surface area contributed by atoms with E-state index in [-0.39, 0.29) is 11.5 Å². The van der Waals surface area contributed by atoms with E-state index in [9.17, 15) is 4.79 Å². The topological polar surface area (TPSA) is 89.6 Å². The number of fused-ring (bicyclic) bond motifs is 1. The standard InChI is InChI=1S/C13H19N5O/c14-13-17-11-10(15-8-16-11)12(19)18(13)7-6-9-4-2-1-3-5-9/h8-9H,1-7H2,(H2,14,17)(H,15,16). The Kier molecular flexibility index (Phi) is 3.23. The number of nitrogens with two attached hydrogens (primary N) is 1. The molecule has 3 rings (SSSR count). The number of nitrogens with one attached hydrogen (secondary N) is 1. The molecule has 0 aliphatic heterocycles. The van der Waals surface area contributed by atoms with Crippen molar-refractivity contribution >= 4 is 17.1 Å². The van der Waals surface area contributed by atoms with Crippen LogP contribution in [0.25, 0.3) is 11.2 Å². The first-order valence-electron chi connectivity index (χ1n) is 6.95. The molecule has 0 amide bonds. The molecule has 1 saturated carbocycles. The van der Waals surface area contributed by atoms with Crippen LogP contribution in [0.1, 0.15) is 38.5 Å². The van der Waals surface area contributed by atoms with Gasteiger partial charge in [0, 0.05) is 6.54 Å². The number of aromatic amines is 1. The van der Waals surface area contributed by atoms with Crippen LogP contribution in [-0.4, -0.2) is 19.5 Å². The highest BCUT2D eigenvalue weighted by atomic mass is 16.1. The van der Waals surface area contributed by atoms with Crippen molar-refractivity contribution in [1.82, 2.24) is 19.5 Å². The van der Waals surface area contributed by atoms with Crippen molar-refractivity contribution in [2.45, 2.75) is 45.1 Å². The summed E-state index contributed by atoms with van der Waals surface area (Å²) in [5.74, 6) is 0.984. The van der Waals surface area contributed by atoms with Gasteiger partial charge < -0.3 is 10.7 Å². The van der Waals surface area contributed by atoms with Crippen molar-refractivity contribution in [1.29, 1.82) is 0 Å². The Morgan fingerprint density at radius 3 is 2.95 bits per heavy atom. The molecule has 0 spiro atoms. The highest BCUT2D eigenvalue weighted by Crippen LogP contribution is 2.26. The number of anilines is 1. The molecule has 2 aromatic rings. The van der Waals surface area contributed by atoms with Crippen LogP contribution >= 0.6 is 0 Å². The highest BCUT2D eigenvalue weighted by molar-refractivity contribution is 5.69. The van der Waals surface area contributed by atoms with Crippen molar-refractivity contribution < 1.29 is 0 Å². The fraction of sp³-hybridized carbons (Fsp3) is 0.615. The summed E-state index contributed by atoms with van der Waals surface area (Å²) >= 11 is 0. The van der Waals surface area contributed by atoms with Crippen molar-refractivity contribution in [3.05, 3.63) is 16.7 Å². The van der Waals surface area contributed by atoms with Gasteiger partial charge in [-0.1, -0.05) is 32.1 Å². The minimum absolute atomic E-state index is 0.115. The molecule has 0 atom stereocenters. The zero-order chi connectivity index (χ0) is 13.2. The van der Waals surface area contributed by atoms with Crippen molar-refractivity contribution in [3.8, 4) is 0 Å². The third-order valence-corrected chi connectivity index (χ3v) is 4.06. The molecule has 0 radical (unpaired) electrons. The van der Waals surface area contributed by atoms with Gasteiger partial charge in [0.2, 0.25) is 5.95 Å². The van der Waals surface area contributed by atoms with Crippen molar-refractivity contribution in [2.75, 3.05) is 5.73 Å². The van der Waals surface area contributed by atoms with E-state index < -0.39 is 0 Å². The largest absolute Gasteiger partial charge is 0.369 e. The van der Waals surface area contributed by atoms with Crippen LogP contribution < -0.4 is 11.3 Å². The number of rotatable bonds is 3. The molecule has 3 N–H and O–H groups in total. The summed E-state index contributed by atoms with van der Waals surface area (Å²) in [7, 11) is 0. The lowest BCUT2D eigenvalue weighted by Crippen LogP contribution is -2.26. The molecule has 1 fully saturated rings. The molecule has 102 valence electrons. The van der Waals surface area contributed by atoms with Crippen LogP contribution in [0.2, 0.25) is 0 Å². The first-order valence-corrected chi connectivity index (χ1v) is 6.95. The minimum Gasteiger partial charge on any atom is -0.369 e. The Morgan fingerprint density at radius 2 is 2.16 bits per heavy atom. The summed E-state index contributed by atoms with van der Waals surface area (Å²) in [4.78, 5) is 23.2. The maximum absolute atomic E-state index is 12.3. The second-order valence-electron chi connectivity index (χ2n) is 5.32. The molecular weight excluding hydrogens is 242 g/mol. The van der Waals surface area contributed by atoms with Gasteiger partial charge in [-0.25, -0.2) is 4.98 Å². The Labute approximate surface area is 111 Å². The van der Waals surface area contributed by atoms with E-state index in [4.69, 9.17) is 5.73 Å². The molecule has 1 aliphatic carbocycles. The third kappa shape index (κ3) is 2.34. The van der Waals surface area contributed by atoms with Gasteiger partial charge in [-0.3, -0.25) is 9.36 Å². The van der Waals surface area contributed by atoms with Crippen molar-refractivity contribution in [3.63, 3.8) is 0 Å². The lowest BCUT2D eigenvalue weighted by Gasteiger charge is -2.21.